The van der Waals surface area contributed by atoms with Crippen molar-refractivity contribution >= 4 is 21.6 Å². The molecule has 0 aliphatic carbocycles. The van der Waals surface area contributed by atoms with Gasteiger partial charge in [-0.3, -0.25) is 4.90 Å². The van der Waals surface area contributed by atoms with E-state index in [2.05, 4.69) is 38.3 Å². The molecule has 0 unspecified atom stereocenters. The van der Waals surface area contributed by atoms with Crippen LogP contribution in [0.3, 0.4) is 0 Å². The van der Waals surface area contributed by atoms with Crippen molar-refractivity contribution in [1.29, 1.82) is 0 Å². The summed E-state index contributed by atoms with van der Waals surface area (Å²) in [5.41, 5.74) is 1.17. The van der Waals surface area contributed by atoms with Crippen LogP contribution in [0.25, 0.3) is 0 Å². The first-order valence-corrected chi connectivity index (χ1v) is 6.43. The number of rotatable bonds is 4. The number of hydrogen-bond acceptors (Lipinski definition) is 3. The van der Waals surface area contributed by atoms with E-state index >= 15 is 0 Å². The van der Waals surface area contributed by atoms with Crippen molar-refractivity contribution in [2.75, 3.05) is 44.7 Å². The lowest BCUT2D eigenvalue weighted by atomic mass is 10.3. The van der Waals surface area contributed by atoms with E-state index < -0.39 is 0 Å². The number of morpholine rings is 1. The van der Waals surface area contributed by atoms with Crippen molar-refractivity contribution in [2.45, 2.75) is 0 Å². The third kappa shape index (κ3) is 3.77. The number of nitrogens with one attached hydrogen (secondary N) is 1. The van der Waals surface area contributed by atoms with Crippen LogP contribution in [0.2, 0.25) is 0 Å². The molecule has 0 amide bonds. The standard InChI is InChI=1S/C12H17BrN2O/c13-11-2-1-3-12(10-11)14-4-5-15-6-8-16-9-7-15/h1-3,10,14H,4-9H2. The van der Waals surface area contributed by atoms with Gasteiger partial charge in [0, 0.05) is 36.3 Å². The first kappa shape index (κ1) is 11.9. The van der Waals surface area contributed by atoms with Gasteiger partial charge in [0.05, 0.1) is 13.2 Å². The van der Waals surface area contributed by atoms with E-state index in [-0.39, 0.29) is 0 Å². The van der Waals surface area contributed by atoms with Gasteiger partial charge < -0.3 is 10.1 Å². The zero-order valence-electron chi connectivity index (χ0n) is 9.29. The van der Waals surface area contributed by atoms with Crippen molar-refractivity contribution < 1.29 is 4.74 Å². The third-order valence-corrected chi connectivity index (χ3v) is 3.18. The van der Waals surface area contributed by atoms with Crippen LogP contribution in [-0.4, -0.2) is 44.3 Å². The van der Waals surface area contributed by atoms with Gasteiger partial charge in [0.1, 0.15) is 0 Å². The van der Waals surface area contributed by atoms with Crippen LogP contribution in [0, 0.1) is 0 Å². The molecule has 1 heterocycles. The molecule has 1 fully saturated rings. The molecule has 16 heavy (non-hydrogen) atoms. The molecule has 0 aromatic heterocycles. The number of anilines is 1. The first-order chi connectivity index (χ1) is 7.84. The van der Waals surface area contributed by atoms with Crippen LogP contribution in [-0.2, 0) is 4.74 Å². The predicted molar refractivity (Wildman–Crippen MR) is 69.9 cm³/mol. The molecule has 1 saturated heterocycles. The van der Waals surface area contributed by atoms with Crippen molar-refractivity contribution in [3.8, 4) is 0 Å². The summed E-state index contributed by atoms with van der Waals surface area (Å²) in [4.78, 5) is 2.43. The fraction of sp³-hybridized carbons (Fsp3) is 0.500. The Balaban J connectivity index is 1.71. The summed E-state index contributed by atoms with van der Waals surface area (Å²) >= 11 is 3.46. The summed E-state index contributed by atoms with van der Waals surface area (Å²) in [5.74, 6) is 0. The topological polar surface area (TPSA) is 24.5 Å². The molecule has 0 spiro atoms. The zero-order valence-corrected chi connectivity index (χ0v) is 10.9. The van der Waals surface area contributed by atoms with E-state index in [1.165, 1.54) is 5.69 Å². The molecule has 1 aliphatic heterocycles. The molecule has 2 rings (SSSR count). The number of hydrogen-bond donors (Lipinski definition) is 1. The van der Waals surface area contributed by atoms with Gasteiger partial charge in [0.15, 0.2) is 0 Å². The lowest BCUT2D eigenvalue weighted by molar-refractivity contribution is 0.0398. The van der Waals surface area contributed by atoms with E-state index in [1.54, 1.807) is 0 Å². The van der Waals surface area contributed by atoms with Crippen LogP contribution >= 0.6 is 15.9 Å². The van der Waals surface area contributed by atoms with Gasteiger partial charge in [-0.1, -0.05) is 22.0 Å². The Hall–Kier alpha value is -0.580. The van der Waals surface area contributed by atoms with E-state index in [0.29, 0.717) is 0 Å². The highest BCUT2D eigenvalue weighted by atomic mass is 79.9. The van der Waals surface area contributed by atoms with Gasteiger partial charge in [0.2, 0.25) is 0 Å². The molecular formula is C12H17BrN2O. The minimum Gasteiger partial charge on any atom is -0.384 e. The predicted octanol–water partition coefficient (Wildman–Crippen LogP) is 2.19. The van der Waals surface area contributed by atoms with Crippen LogP contribution in [0.5, 0.6) is 0 Å². The fourth-order valence-electron chi connectivity index (χ4n) is 1.78. The molecule has 1 aromatic rings. The van der Waals surface area contributed by atoms with Crippen LogP contribution in [0.4, 0.5) is 5.69 Å². The van der Waals surface area contributed by atoms with Gasteiger partial charge in [-0.15, -0.1) is 0 Å². The molecule has 0 saturated carbocycles. The van der Waals surface area contributed by atoms with Gasteiger partial charge >= 0.3 is 0 Å². The maximum absolute atomic E-state index is 5.31. The average Bonchev–Trinajstić information content (AvgIpc) is 2.30. The summed E-state index contributed by atoms with van der Waals surface area (Å²) in [6.07, 6.45) is 0. The van der Waals surface area contributed by atoms with Crippen molar-refractivity contribution in [2.24, 2.45) is 0 Å². The number of nitrogens with zero attached hydrogens (tertiary/aromatic N) is 1. The Bertz CT molecular complexity index is 327. The zero-order chi connectivity index (χ0) is 11.2. The van der Waals surface area contributed by atoms with Gasteiger partial charge in [-0.05, 0) is 18.2 Å². The molecule has 0 radical (unpaired) electrons. The SMILES string of the molecule is Brc1cccc(NCCN2CCOCC2)c1. The molecular weight excluding hydrogens is 268 g/mol. The summed E-state index contributed by atoms with van der Waals surface area (Å²) in [5, 5.41) is 3.42. The highest BCUT2D eigenvalue weighted by Gasteiger charge is 2.08. The van der Waals surface area contributed by atoms with E-state index in [4.69, 9.17) is 4.74 Å². The molecule has 1 aliphatic rings. The highest BCUT2D eigenvalue weighted by Crippen LogP contribution is 2.15. The highest BCUT2D eigenvalue weighted by molar-refractivity contribution is 9.10. The smallest absolute Gasteiger partial charge is 0.0594 e. The lowest BCUT2D eigenvalue weighted by Gasteiger charge is -2.26. The molecule has 3 nitrogen and oxygen atoms in total. The molecule has 88 valence electrons. The Labute approximate surface area is 105 Å². The second kappa shape index (κ2) is 6.23. The van der Waals surface area contributed by atoms with Crippen LogP contribution in [0.1, 0.15) is 0 Å². The summed E-state index contributed by atoms with van der Waals surface area (Å²) in [7, 11) is 0. The molecule has 1 N–H and O–H groups in total. The Kier molecular flexibility index (Phi) is 4.63. The number of ether oxygens (including phenoxy) is 1. The minimum absolute atomic E-state index is 0.872. The largest absolute Gasteiger partial charge is 0.384 e. The summed E-state index contributed by atoms with van der Waals surface area (Å²) in [6, 6.07) is 8.26. The Morgan fingerprint density at radius 2 is 2.12 bits per heavy atom. The second-order valence-corrected chi connectivity index (χ2v) is 4.81. The monoisotopic (exact) mass is 284 g/mol. The van der Waals surface area contributed by atoms with Gasteiger partial charge in [-0.25, -0.2) is 0 Å². The maximum Gasteiger partial charge on any atom is 0.0594 e. The van der Waals surface area contributed by atoms with Crippen LogP contribution < -0.4 is 5.32 Å². The molecule has 0 atom stereocenters. The van der Waals surface area contributed by atoms with Gasteiger partial charge in [0.25, 0.3) is 0 Å². The Morgan fingerprint density at radius 3 is 2.88 bits per heavy atom. The normalized spacial score (nSPS) is 17.3. The Morgan fingerprint density at radius 1 is 1.31 bits per heavy atom. The van der Waals surface area contributed by atoms with E-state index in [9.17, 15) is 0 Å². The van der Waals surface area contributed by atoms with Crippen molar-refractivity contribution in [3.63, 3.8) is 0 Å². The van der Waals surface area contributed by atoms with Crippen LogP contribution in [0.15, 0.2) is 28.7 Å². The minimum atomic E-state index is 0.872. The quantitative estimate of drug-likeness (QED) is 0.918. The number of halogens is 1. The second-order valence-electron chi connectivity index (χ2n) is 3.89. The van der Waals surface area contributed by atoms with E-state index in [1.807, 2.05) is 12.1 Å². The summed E-state index contributed by atoms with van der Waals surface area (Å²) < 4.78 is 6.43. The maximum atomic E-state index is 5.31. The molecule has 4 heteroatoms. The van der Waals surface area contributed by atoms with Gasteiger partial charge in [-0.2, -0.15) is 0 Å². The lowest BCUT2D eigenvalue weighted by Crippen LogP contribution is -2.38. The summed E-state index contributed by atoms with van der Waals surface area (Å²) in [6.45, 7) is 5.92. The van der Waals surface area contributed by atoms with E-state index in [0.717, 1.165) is 43.9 Å². The van der Waals surface area contributed by atoms with Crippen molar-refractivity contribution in [3.05, 3.63) is 28.7 Å². The van der Waals surface area contributed by atoms with Crippen molar-refractivity contribution in [1.82, 2.24) is 4.90 Å². The number of benzene rings is 1. The first-order valence-electron chi connectivity index (χ1n) is 5.64. The molecule has 0 bridgehead atoms. The average molecular weight is 285 g/mol. The fourth-order valence-corrected chi connectivity index (χ4v) is 2.18. The molecule has 1 aromatic carbocycles. The third-order valence-electron chi connectivity index (χ3n) is 2.69.